The van der Waals surface area contributed by atoms with Crippen LogP contribution in [0.1, 0.15) is 67.1 Å². The summed E-state index contributed by atoms with van der Waals surface area (Å²) in [5, 5.41) is 9.24. The lowest BCUT2D eigenvalue weighted by Gasteiger charge is -2.51. The topological polar surface area (TPSA) is 57.6 Å². The summed E-state index contributed by atoms with van der Waals surface area (Å²) >= 11 is 0. The number of carboxylic acid groups (broad SMARTS) is 1. The van der Waals surface area contributed by atoms with Crippen molar-refractivity contribution in [1.29, 1.82) is 0 Å². The summed E-state index contributed by atoms with van der Waals surface area (Å²) in [6.07, 6.45) is 7.31. The minimum atomic E-state index is -0.908. The largest absolute Gasteiger partial charge is 0.478 e. The van der Waals surface area contributed by atoms with Gasteiger partial charge in [-0.15, -0.1) is 0 Å². The summed E-state index contributed by atoms with van der Waals surface area (Å²) in [5.74, 6) is -0.639. The molecule has 4 heteroatoms. The number of benzene rings is 2. The average Bonchev–Trinajstić information content (AvgIpc) is 3.60. The Balaban J connectivity index is 1.41. The Kier molecular flexibility index (Phi) is 5.12. The van der Waals surface area contributed by atoms with Gasteiger partial charge in [0, 0.05) is 23.9 Å². The zero-order valence-electron chi connectivity index (χ0n) is 20.5. The minimum absolute atomic E-state index is 0.106. The molecular formula is C30H33NO3. The normalized spacial score (nSPS) is 24.5. The number of rotatable bonds is 4. The van der Waals surface area contributed by atoms with Gasteiger partial charge in [0.1, 0.15) is 0 Å². The summed E-state index contributed by atoms with van der Waals surface area (Å²) in [6, 6.07) is 15.7. The Morgan fingerprint density at radius 1 is 0.912 bits per heavy atom. The minimum Gasteiger partial charge on any atom is -0.478 e. The molecule has 1 atom stereocenters. The van der Waals surface area contributed by atoms with E-state index in [0.29, 0.717) is 12.1 Å². The molecule has 5 rings (SSSR count). The molecule has 0 radical (unpaired) electrons. The first-order valence-corrected chi connectivity index (χ1v) is 12.2. The van der Waals surface area contributed by atoms with E-state index in [9.17, 15) is 14.7 Å². The highest BCUT2D eigenvalue weighted by Crippen LogP contribution is 2.56. The quantitative estimate of drug-likeness (QED) is 0.574. The van der Waals surface area contributed by atoms with Crippen LogP contribution in [0, 0.1) is 17.8 Å². The molecule has 176 valence electrons. The van der Waals surface area contributed by atoms with Gasteiger partial charge in [-0.2, -0.15) is 0 Å². The molecular weight excluding hydrogens is 422 g/mol. The van der Waals surface area contributed by atoms with Crippen LogP contribution in [-0.4, -0.2) is 35.0 Å². The molecule has 1 saturated carbocycles. The molecule has 0 bridgehead atoms. The van der Waals surface area contributed by atoms with E-state index in [1.165, 1.54) is 16.7 Å². The zero-order valence-corrected chi connectivity index (χ0v) is 20.5. The second-order valence-corrected chi connectivity index (χ2v) is 11.1. The van der Waals surface area contributed by atoms with Crippen molar-refractivity contribution in [2.75, 3.05) is 13.1 Å². The van der Waals surface area contributed by atoms with E-state index in [1.807, 2.05) is 12.1 Å². The Morgan fingerprint density at radius 2 is 1.56 bits per heavy atom. The molecule has 0 saturated heterocycles. The van der Waals surface area contributed by atoms with Crippen LogP contribution in [0.2, 0.25) is 0 Å². The first-order chi connectivity index (χ1) is 16.1. The standard InChI is InChI=1S/C30H33NO3/c1-20-5-11-23(12-6-20)30(16-17-30)27(34)31-18-14-25-28(2,3)24(13-15-29(25,4)19-31)21-7-9-22(10-8-21)26(32)33/h5-14H,15-19H2,1-4H3,(H,32,33)/t29-/m1/s1. The van der Waals surface area contributed by atoms with Crippen LogP contribution in [0.4, 0.5) is 0 Å². The Hall–Kier alpha value is -3.14. The number of carbonyl (C=O) groups is 2. The molecule has 34 heavy (non-hydrogen) atoms. The zero-order chi connectivity index (χ0) is 24.3. The van der Waals surface area contributed by atoms with Crippen molar-refractivity contribution < 1.29 is 14.7 Å². The highest BCUT2D eigenvalue weighted by atomic mass is 16.4. The predicted octanol–water partition coefficient (Wildman–Crippen LogP) is 6.01. The average molecular weight is 456 g/mol. The van der Waals surface area contributed by atoms with Crippen molar-refractivity contribution >= 4 is 17.4 Å². The highest BCUT2D eigenvalue weighted by molar-refractivity contribution is 5.92. The highest BCUT2D eigenvalue weighted by Gasteiger charge is 2.55. The van der Waals surface area contributed by atoms with Crippen LogP contribution in [0.3, 0.4) is 0 Å². The summed E-state index contributed by atoms with van der Waals surface area (Å²) in [4.78, 5) is 27.1. The molecule has 0 unspecified atom stereocenters. The second kappa shape index (κ2) is 7.69. The van der Waals surface area contributed by atoms with E-state index in [-0.39, 0.29) is 22.2 Å². The number of hydrogen-bond acceptors (Lipinski definition) is 2. The fourth-order valence-corrected chi connectivity index (χ4v) is 6.28. The number of allylic oxidation sites excluding steroid dienone is 2. The molecule has 3 aliphatic rings. The van der Waals surface area contributed by atoms with Crippen LogP contribution >= 0.6 is 0 Å². The summed E-state index contributed by atoms with van der Waals surface area (Å²) < 4.78 is 0. The van der Waals surface area contributed by atoms with Gasteiger partial charge < -0.3 is 10.0 Å². The SMILES string of the molecule is Cc1ccc(C2(C(=O)N3CC=C4C(C)(C)C(c5ccc(C(=O)O)cc5)=CC[C@]4(C)C3)CC2)cc1. The number of nitrogens with zero attached hydrogens (tertiary/aromatic N) is 1. The molecule has 2 aliphatic carbocycles. The first kappa shape index (κ1) is 22.6. The maximum absolute atomic E-state index is 13.8. The van der Waals surface area contributed by atoms with Crippen LogP contribution in [0.5, 0.6) is 0 Å². The number of hydrogen-bond donors (Lipinski definition) is 1. The van der Waals surface area contributed by atoms with Crippen molar-refractivity contribution in [1.82, 2.24) is 4.90 Å². The van der Waals surface area contributed by atoms with Crippen molar-refractivity contribution in [3.05, 3.63) is 88.5 Å². The fourth-order valence-electron chi connectivity index (χ4n) is 6.28. The summed E-state index contributed by atoms with van der Waals surface area (Å²) in [7, 11) is 0. The molecule has 2 aromatic rings. The second-order valence-electron chi connectivity index (χ2n) is 11.1. The van der Waals surface area contributed by atoms with Crippen LogP contribution in [-0.2, 0) is 10.2 Å². The molecule has 1 N–H and O–H groups in total. The van der Waals surface area contributed by atoms with Crippen molar-refractivity contribution in [2.45, 2.75) is 52.4 Å². The predicted molar refractivity (Wildman–Crippen MR) is 135 cm³/mol. The third kappa shape index (κ3) is 3.51. The van der Waals surface area contributed by atoms with Gasteiger partial charge in [-0.3, -0.25) is 4.79 Å². The lowest BCUT2D eigenvalue weighted by Crippen LogP contribution is -2.51. The number of fused-ring (bicyclic) bond motifs is 1. The van der Waals surface area contributed by atoms with E-state index in [4.69, 9.17) is 0 Å². The number of amides is 1. The first-order valence-electron chi connectivity index (χ1n) is 12.2. The molecule has 1 heterocycles. The number of carbonyl (C=O) groups excluding carboxylic acids is 1. The fraction of sp³-hybridized carbons (Fsp3) is 0.400. The van der Waals surface area contributed by atoms with Crippen LogP contribution < -0.4 is 0 Å². The lowest BCUT2D eigenvalue weighted by molar-refractivity contribution is -0.135. The molecule has 1 aliphatic heterocycles. The van der Waals surface area contributed by atoms with Gasteiger partial charge in [-0.1, -0.05) is 80.5 Å². The van der Waals surface area contributed by atoms with E-state index < -0.39 is 5.97 Å². The van der Waals surface area contributed by atoms with Gasteiger partial charge in [-0.05, 0) is 55.0 Å². The lowest BCUT2D eigenvalue weighted by atomic mass is 9.58. The molecule has 4 nitrogen and oxygen atoms in total. The summed E-state index contributed by atoms with van der Waals surface area (Å²) in [6.45, 7) is 10.2. The van der Waals surface area contributed by atoms with Crippen molar-refractivity contribution in [3.8, 4) is 0 Å². The number of aromatic carboxylic acids is 1. The molecule has 0 spiro atoms. The third-order valence-corrected chi connectivity index (χ3v) is 8.30. The monoisotopic (exact) mass is 455 g/mol. The van der Waals surface area contributed by atoms with E-state index >= 15 is 0 Å². The van der Waals surface area contributed by atoms with Gasteiger partial charge in [-0.25, -0.2) is 4.79 Å². The maximum Gasteiger partial charge on any atom is 0.335 e. The molecule has 1 amide bonds. The molecule has 1 fully saturated rings. The van der Waals surface area contributed by atoms with Gasteiger partial charge >= 0.3 is 5.97 Å². The van der Waals surface area contributed by atoms with E-state index in [0.717, 1.165) is 36.9 Å². The Labute approximate surface area is 202 Å². The number of carboxylic acids is 1. The Morgan fingerprint density at radius 3 is 2.15 bits per heavy atom. The molecule has 0 aromatic heterocycles. The van der Waals surface area contributed by atoms with Gasteiger partial charge in [0.05, 0.1) is 11.0 Å². The van der Waals surface area contributed by atoms with E-state index in [1.54, 1.807) is 12.1 Å². The third-order valence-electron chi connectivity index (χ3n) is 8.30. The van der Waals surface area contributed by atoms with Gasteiger partial charge in [0.15, 0.2) is 0 Å². The van der Waals surface area contributed by atoms with E-state index in [2.05, 4.69) is 69.0 Å². The van der Waals surface area contributed by atoms with Gasteiger partial charge in [0.25, 0.3) is 0 Å². The van der Waals surface area contributed by atoms with Crippen molar-refractivity contribution in [3.63, 3.8) is 0 Å². The smallest absolute Gasteiger partial charge is 0.335 e. The molecule has 2 aromatic carbocycles. The van der Waals surface area contributed by atoms with Crippen LogP contribution in [0.15, 0.2) is 66.3 Å². The number of aryl methyl sites for hydroxylation is 1. The van der Waals surface area contributed by atoms with Crippen LogP contribution in [0.25, 0.3) is 5.57 Å². The maximum atomic E-state index is 13.8. The Bertz CT molecular complexity index is 1210. The summed E-state index contributed by atoms with van der Waals surface area (Å²) in [5.41, 5.74) is 5.70. The van der Waals surface area contributed by atoms with Crippen molar-refractivity contribution in [2.24, 2.45) is 10.8 Å². The van der Waals surface area contributed by atoms with Gasteiger partial charge in [0.2, 0.25) is 5.91 Å².